The number of anilines is 1. The van der Waals surface area contributed by atoms with Gasteiger partial charge in [0, 0.05) is 17.8 Å². The molecule has 0 spiro atoms. The normalized spacial score (nSPS) is 17.2. The van der Waals surface area contributed by atoms with Crippen LogP contribution in [0.15, 0.2) is 72.8 Å². The number of fused-ring (bicyclic) bond motifs is 1. The first kappa shape index (κ1) is 24.3. The minimum Gasteiger partial charge on any atom is -0.497 e. The van der Waals surface area contributed by atoms with Crippen LogP contribution < -0.4 is 19.7 Å². The average Bonchev–Trinajstić information content (AvgIpc) is 2.88. The Kier molecular flexibility index (Phi) is 7.39. The summed E-state index contributed by atoms with van der Waals surface area (Å²) in [6, 6.07) is 21.8. The van der Waals surface area contributed by atoms with E-state index in [0.717, 1.165) is 17.5 Å². The van der Waals surface area contributed by atoms with Gasteiger partial charge in [0.05, 0.1) is 26.2 Å². The topological polar surface area (TPSA) is 67.9 Å². The fourth-order valence-electron chi connectivity index (χ4n) is 4.58. The molecule has 2 atom stereocenters. The summed E-state index contributed by atoms with van der Waals surface area (Å²) in [5, 5.41) is 3.13. The highest BCUT2D eigenvalue weighted by molar-refractivity contribution is 6.11. The summed E-state index contributed by atoms with van der Waals surface area (Å²) in [5.41, 5.74) is 2.83. The number of hydrogen-bond acceptors (Lipinski definition) is 4. The molecule has 1 aliphatic rings. The maximum absolute atomic E-state index is 13.9. The first-order chi connectivity index (χ1) is 16.9. The maximum atomic E-state index is 13.9. The number of methoxy groups -OCH3 is 2. The van der Waals surface area contributed by atoms with Crippen molar-refractivity contribution < 1.29 is 19.1 Å². The van der Waals surface area contributed by atoms with Crippen LogP contribution in [0.25, 0.3) is 0 Å². The highest BCUT2D eigenvalue weighted by Crippen LogP contribution is 2.45. The predicted molar refractivity (Wildman–Crippen MR) is 137 cm³/mol. The summed E-state index contributed by atoms with van der Waals surface area (Å²) >= 11 is 0. The molecule has 1 N–H and O–H groups in total. The third-order valence-corrected chi connectivity index (χ3v) is 6.45. The summed E-state index contributed by atoms with van der Waals surface area (Å²) in [6.45, 7) is 4.85. The molecule has 35 heavy (non-hydrogen) atoms. The van der Waals surface area contributed by atoms with Gasteiger partial charge in [-0.15, -0.1) is 0 Å². The number of carbonyl (C=O) groups excluding carboxylic acids is 2. The number of hydrogen-bond donors (Lipinski definition) is 1. The highest BCUT2D eigenvalue weighted by Gasteiger charge is 2.44. The van der Waals surface area contributed by atoms with E-state index in [0.29, 0.717) is 35.2 Å². The van der Waals surface area contributed by atoms with Crippen LogP contribution in [0.3, 0.4) is 0 Å². The predicted octanol–water partition coefficient (Wildman–Crippen LogP) is 5.35. The second kappa shape index (κ2) is 10.6. The van der Waals surface area contributed by atoms with Crippen molar-refractivity contribution in [3.8, 4) is 11.5 Å². The Balaban J connectivity index is 1.86. The van der Waals surface area contributed by atoms with Gasteiger partial charge in [-0.2, -0.15) is 0 Å². The Bertz CT molecular complexity index is 1170. The lowest BCUT2D eigenvalue weighted by atomic mass is 9.78. The lowest BCUT2D eigenvalue weighted by Gasteiger charge is -2.42. The molecule has 0 saturated carbocycles. The average molecular weight is 473 g/mol. The Hall–Kier alpha value is -3.80. The molecule has 4 rings (SSSR count). The molecule has 0 unspecified atom stereocenters. The summed E-state index contributed by atoms with van der Waals surface area (Å²) in [6.07, 6.45) is 0.883. The van der Waals surface area contributed by atoms with E-state index in [-0.39, 0.29) is 11.8 Å². The zero-order valence-electron chi connectivity index (χ0n) is 20.7. The molecule has 0 bridgehead atoms. The number of carbonyl (C=O) groups is 2. The van der Waals surface area contributed by atoms with Crippen LogP contribution in [0.1, 0.15) is 53.7 Å². The fourth-order valence-corrected chi connectivity index (χ4v) is 4.58. The molecule has 0 fully saturated rings. The summed E-state index contributed by atoms with van der Waals surface area (Å²) < 4.78 is 10.7. The number of amides is 2. The zero-order chi connectivity index (χ0) is 24.9. The molecule has 0 saturated heterocycles. The molecule has 0 aliphatic carbocycles. The highest BCUT2D eigenvalue weighted by atomic mass is 16.5. The van der Waals surface area contributed by atoms with Gasteiger partial charge in [0.1, 0.15) is 11.5 Å². The zero-order valence-corrected chi connectivity index (χ0v) is 20.7. The third-order valence-electron chi connectivity index (χ3n) is 6.45. The van der Waals surface area contributed by atoms with Crippen LogP contribution in [0, 0.1) is 5.92 Å². The van der Waals surface area contributed by atoms with Crippen molar-refractivity contribution in [3.05, 3.63) is 89.5 Å². The molecule has 1 heterocycles. The van der Waals surface area contributed by atoms with Crippen molar-refractivity contribution in [2.75, 3.05) is 25.7 Å². The van der Waals surface area contributed by atoms with Gasteiger partial charge in [0.2, 0.25) is 5.91 Å². The van der Waals surface area contributed by atoms with Gasteiger partial charge in [0.15, 0.2) is 0 Å². The Morgan fingerprint density at radius 1 is 0.914 bits per heavy atom. The van der Waals surface area contributed by atoms with E-state index >= 15 is 0 Å². The molecule has 2 amide bonds. The Morgan fingerprint density at radius 3 is 2.11 bits per heavy atom. The Morgan fingerprint density at radius 2 is 1.51 bits per heavy atom. The van der Waals surface area contributed by atoms with Crippen molar-refractivity contribution in [2.45, 2.75) is 32.2 Å². The van der Waals surface area contributed by atoms with Gasteiger partial charge in [-0.05, 0) is 65.9 Å². The van der Waals surface area contributed by atoms with Gasteiger partial charge < -0.3 is 14.8 Å². The molecule has 1 aliphatic heterocycles. The lowest BCUT2D eigenvalue weighted by molar-refractivity contribution is -0.123. The molecule has 182 valence electrons. The van der Waals surface area contributed by atoms with Crippen LogP contribution in [0.4, 0.5) is 5.69 Å². The van der Waals surface area contributed by atoms with Crippen LogP contribution in [-0.4, -0.2) is 32.6 Å². The summed E-state index contributed by atoms with van der Waals surface area (Å²) in [5.74, 6) is 1.07. The van der Waals surface area contributed by atoms with E-state index in [9.17, 15) is 9.59 Å². The molecular weight excluding hydrogens is 440 g/mol. The van der Waals surface area contributed by atoms with Gasteiger partial charge in [0.25, 0.3) is 5.91 Å². The van der Waals surface area contributed by atoms with Crippen molar-refractivity contribution in [2.24, 2.45) is 5.92 Å². The van der Waals surface area contributed by atoms with E-state index in [1.807, 2.05) is 66.7 Å². The van der Waals surface area contributed by atoms with Gasteiger partial charge >= 0.3 is 0 Å². The van der Waals surface area contributed by atoms with Crippen molar-refractivity contribution in [1.29, 1.82) is 0 Å². The van der Waals surface area contributed by atoms with Gasteiger partial charge in [-0.25, -0.2) is 0 Å². The monoisotopic (exact) mass is 472 g/mol. The van der Waals surface area contributed by atoms with E-state index in [1.54, 1.807) is 25.2 Å². The van der Waals surface area contributed by atoms with Crippen molar-refractivity contribution >= 4 is 17.5 Å². The summed E-state index contributed by atoms with van der Waals surface area (Å²) in [4.78, 5) is 29.4. The Labute approximate surface area is 206 Å². The molecule has 3 aromatic carbocycles. The quantitative estimate of drug-likeness (QED) is 0.480. The SMILES string of the molecule is COc1ccc([C@H]2[C@@H](C(=O)NCCC(C)C)c3ccccc3C(=O)N2c2ccc(OC)cc2)cc1. The van der Waals surface area contributed by atoms with Crippen LogP contribution >= 0.6 is 0 Å². The van der Waals surface area contributed by atoms with Crippen molar-refractivity contribution in [1.82, 2.24) is 5.32 Å². The number of ether oxygens (including phenoxy) is 2. The molecule has 0 radical (unpaired) electrons. The smallest absolute Gasteiger partial charge is 0.259 e. The number of benzene rings is 3. The minimum atomic E-state index is -0.577. The first-order valence-electron chi connectivity index (χ1n) is 11.9. The maximum Gasteiger partial charge on any atom is 0.259 e. The largest absolute Gasteiger partial charge is 0.497 e. The molecule has 6 nitrogen and oxygen atoms in total. The first-order valence-corrected chi connectivity index (χ1v) is 11.9. The standard InChI is InChI=1S/C29H32N2O4/c1-19(2)17-18-30-28(32)26-24-7-5-6-8-25(24)29(33)31(21-11-15-23(35-4)16-12-21)27(26)20-9-13-22(34-3)14-10-20/h5-16,19,26-27H,17-18H2,1-4H3,(H,30,32)/t26-,27-/m0/s1. The van der Waals surface area contributed by atoms with Crippen molar-refractivity contribution in [3.63, 3.8) is 0 Å². The molecule has 3 aromatic rings. The van der Waals surface area contributed by atoms with Gasteiger partial charge in [-0.1, -0.05) is 44.2 Å². The molecule has 0 aromatic heterocycles. The van der Waals surface area contributed by atoms with E-state index < -0.39 is 12.0 Å². The summed E-state index contributed by atoms with van der Waals surface area (Å²) in [7, 11) is 3.22. The number of rotatable bonds is 8. The third kappa shape index (κ3) is 5.02. The number of nitrogens with one attached hydrogen (secondary N) is 1. The van der Waals surface area contributed by atoms with Crippen LogP contribution in [0.5, 0.6) is 11.5 Å². The van der Waals surface area contributed by atoms with Gasteiger partial charge in [-0.3, -0.25) is 14.5 Å². The second-order valence-corrected chi connectivity index (χ2v) is 9.13. The van der Waals surface area contributed by atoms with Crippen LogP contribution in [0.2, 0.25) is 0 Å². The minimum absolute atomic E-state index is 0.0927. The van der Waals surface area contributed by atoms with Crippen LogP contribution in [-0.2, 0) is 4.79 Å². The van der Waals surface area contributed by atoms with E-state index in [4.69, 9.17) is 9.47 Å². The second-order valence-electron chi connectivity index (χ2n) is 9.13. The molecule has 6 heteroatoms. The molecular formula is C29H32N2O4. The number of nitrogens with zero attached hydrogens (tertiary/aromatic N) is 1. The lowest BCUT2D eigenvalue weighted by Crippen LogP contribution is -2.47. The van der Waals surface area contributed by atoms with E-state index in [1.165, 1.54) is 0 Å². The fraction of sp³-hybridized carbons (Fsp3) is 0.310. The van der Waals surface area contributed by atoms with E-state index in [2.05, 4.69) is 19.2 Å².